The molecular weight excluding hydrogens is 256 g/mol. The van der Waals surface area contributed by atoms with E-state index in [4.69, 9.17) is 0 Å². The predicted molar refractivity (Wildman–Crippen MR) is 86.1 cm³/mol. The number of rotatable bonds is 3. The molecule has 0 amide bonds. The first-order chi connectivity index (χ1) is 10.4. The summed E-state index contributed by atoms with van der Waals surface area (Å²) in [5.41, 5.74) is 5.36. The van der Waals surface area contributed by atoms with Crippen molar-refractivity contribution in [1.29, 1.82) is 0 Å². The Bertz CT molecular complexity index is 774. The van der Waals surface area contributed by atoms with Gasteiger partial charge < -0.3 is 5.32 Å². The molecule has 1 aromatic heterocycles. The number of aromatic nitrogens is 1. The number of pyridine rings is 1. The lowest BCUT2D eigenvalue weighted by Gasteiger charge is -2.15. The standard InChI is InChI=1S/C19H18N2/c1-2-6-16-14(5-1)9-10-19(16)21-13-15-11-12-20-18-8-4-3-7-17(15)18/h1-8,11-12,19,21H,9-10,13H2. The third-order valence-electron chi connectivity index (χ3n) is 4.41. The van der Waals surface area contributed by atoms with E-state index in [9.17, 15) is 0 Å². The molecule has 4 rings (SSSR count). The molecule has 2 aromatic carbocycles. The Morgan fingerprint density at radius 2 is 1.86 bits per heavy atom. The van der Waals surface area contributed by atoms with Crippen LogP contribution in [0.4, 0.5) is 0 Å². The highest BCUT2D eigenvalue weighted by Gasteiger charge is 2.21. The summed E-state index contributed by atoms with van der Waals surface area (Å²) in [6, 6.07) is 19.7. The molecule has 3 aromatic rings. The third kappa shape index (κ3) is 2.32. The molecule has 0 spiro atoms. The molecule has 1 atom stereocenters. The van der Waals surface area contributed by atoms with Crippen LogP contribution in [0.25, 0.3) is 10.9 Å². The summed E-state index contributed by atoms with van der Waals surface area (Å²) < 4.78 is 0. The lowest BCUT2D eigenvalue weighted by molar-refractivity contribution is 0.531. The highest BCUT2D eigenvalue weighted by atomic mass is 14.9. The molecule has 2 nitrogen and oxygen atoms in total. The van der Waals surface area contributed by atoms with Gasteiger partial charge in [-0.1, -0.05) is 42.5 Å². The van der Waals surface area contributed by atoms with Gasteiger partial charge in [0.25, 0.3) is 0 Å². The number of benzene rings is 2. The first-order valence-electron chi connectivity index (χ1n) is 7.55. The molecular formula is C19H18N2. The Hall–Kier alpha value is -2.19. The second kappa shape index (κ2) is 5.30. The van der Waals surface area contributed by atoms with Gasteiger partial charge in [-0.15, -0.1) is 0 Å². The highest BCUT2D eigenvalue weighted by molar-refractivity contribution is 5.81. The van der Waals surface area contributed by atoms with Gasteiger partial charge in [-0.2, -0.15) is 0 Å². The van der Waals surface area contributed by atoms with Gasteiger partial charge in [-0.3, -0.25) is 4.98 Å². The lowest BCUT2D eigenvalue weighted by Crippen LogP contribution is -2.18. The topological polar surface area (TPSA) is 24.9 Å². The second-order valence-corrected chi connectivity index (χ2v) is 5.66. The van der Waals surface area contributed by atoms with Crippen LogP contribution in [0, 0.1) is 0 Å². The quantitative estimate of drug-likeness (QED) is 0.780. The van der Waals surface area contributed by atoms with Gasteiger partial charge in [0.2, 0.25) is 0 Å². The Kier molecular flexibility index (Phi) is 3.17. The molecule has 21 heavy (non-hydrogen) atoms. The summed E-state index contributed by atoms with van der Waals surface area (Å²) in [4.78, 5) is 4.43. The third-order valence-corrected chi connectivity index (χ3v) is 4.41. The molecule has 0 bridgehead atoms. The largest absolute Gasteiger partial charge is 0.306 e. The molecule has 1 aliphatic carbocycles. The van der Waals surface area contributed by atoms with Gasteiger partial charge >= 0.3 is 0 Å². The molecule has 0 saturated carbocycles. The van der Waals surface area contributed by atoms with E-state index in [-0.39, 0.29) is 0 Å². The van der Waals surface area contributed by atoms with Gasteiger partial charge in [0, 0.05) is 24.2 Å². The van der Waals surface area contributed by atoms with Crippen LogP contribution in [0.15, 0.2) is 60.8 Å². The fourth-order valence-electron chi connectivity index (χ4n) is 3.31. The van der Waals surface area contributed by atoms with Crippen molar-refractivity contribution in [1.82, 2.24) is 10.3 Å². The molecule has 0 aliphatic heterocycles. The lowest BCUT2D eigenvalue weighted by atomic mass is 10.1. The van der Waals surface area contributed by atoms with Crippen LogP contribution in [0.5, 0.6) is 0 Å². The second-order valence-electron chi connectivity index (χ2n) is 5.66. The van der Waals surface area contributed by atoms with Gasteiger partial charge in [0.05, 0.1) is 5.52 Å². The van der Waals surface area contributed by atoms with Gasteiger partial charge in [-0.25, -0.2) is 0 Å². The number of nitrogens with one attached hydrogen (secondary N) is 1. The Balaban J connectivity index is 1.57. The summed E-state index contributed by atoms with van der Waals surface area (Å²) in [5, 5.41) is 4.97. The summed E-state index contributed by atoms with van der Waals surface area (Å²) in [6.07, 6.45) is 4.29. The first kappa shape index (κ1) is 12.5. The van der Waals surface area contributed by atoms with Crippen LogP contribution in [0.2, 0.25) is 0 Å². The minimum atomic E-state index is 0.480. The summed E-state index contributed by atoms with van der Waals surface area (Å²) >= 11 is 0. The van der Waals surface area contributed by atoms with Crippen LogP contribution in [-0.4, -0.2) is 4.98 Å². The summed E-state index contributed by atoms with van der Waals surface area (Å²) in [6.45, 7) is 0.891. The van der Waals surface area contributed by atoms with Crippen molar-refractivity contribution in [2.45, 2.75) is 25.4 Å². The van der Waals surface area contributed by atoms with Crippen molar-refractivity contribution in [3.63, 3.8) is 0 Å². The van der Waals surface area contributed by atoms with E-state index < -0.39 is 0 Å². The molecule has 2 heteroatoms. The van der Waals surface area contributed by atoms with E-state index in [2.05, 4.69) is 58.8 Å². The van der Waals surface area contributed by atoms with Crippen molar-refractivity contribution in [3.8, 4) is 0 Å². The monoisotopic (exact) mass is 274 g/mol. The average Bonchev–Trinajstić information content (AvgIpc) is 2.96. The maximum Gasteiger partial charge on any atom is 0.0705 e. The number of fused-ring (bicyclic) bond motifs is 2. The highest BCUT2D eigenvalue weighted by Crippen LogP contribution is 2.31. The smallest absolute Gasteiger partial charge is 0.0705 e. The maximum atomic E-state index is 4.43. The van der Waals surface area contributed by atoms with E-state index in [1.807, 2.05) is 12.3 Å². The number of nitrogens with zero attached hydrogens (tertiary/aromatic N) is 1. The van der Waals surface area contributed by atoms with Crippen molar-refractivity contribution in [2.24, 2.45) is 0 Å². The van der Waals surface area contributed by atoms with Gasteiger partial charge in [0.15, 0.2) is 0 Å². The predicted octanol–water partition coefficient (Wildman–Crippen LogP) is 4.01. The fourth-order valence-corrected chi connectivity index (χ4v) is 3.31. The van der Waals surface area contributed by atoms with Crippen LogP contribution >= 0.6 is 0 Å². The Morgan fingerprint density at radius 3 is 2.86 bits per heavy atom. The van der Waals surface area contributed by atoms with Gasteiger partial charge in [0.1, 0.15) is 0 Å². The molecule has 1 heterocycles. The fraction of sp³-hybridized carbons (Fsp3) is 0.211. The molecule has 1 N–H and O–H groups in total. The number of hydrogen-bond acceptors (Lipinski definition) is 2. The normalized spacial score (nSPS) is 17.0. The molecule has 1 unspecified atom stereocenters. The number of para-hydroxylation sites is 1. The molecule has 0 radical (unpaired) electrons. The van der Waals surface area contributed by atoms with Crippen LogP contribution in [0.3, 0.4) is 0 Å². The van der Waals surface area contributed by atoms with Crippen molar-refractivity contribution in [3.05, 3.63) is 77.5 Å². The Morgan fingerprint density at radius 1 is 1.00 bits per heavy atom. The molecule has 1 aliphatic rings. The zero-order valence-electron chi connectivity index (χ0n) is 11.9. The maximum absolute atomic E-state index is 4.43. The van der Waals surface area contributed by atoms with Crippen molar-refractivity contribution >= 4 is 10.9 Å². The summed E-state index contributed by atoms with van der Waals surface area (Å²) in [5.74, 6) is 0. The van der Waals surface area contributed by atoms with Crippen molar-refractivity contribution in [2.75, 3.05) is 0 Å². The molecule has 104 valence electrons. The zero-order chi connectivity index (χ0) is 14.1. The van der Waals surface area contributed by atoms with E-state index >= 15 is 0 Å². The van der Waals surface area contributed by atoms with E-state index in [0.29, 0.717) is 6.04 Å². The summed E-state index contributed by atoms with van der Waals surface area (Å²) in [7, 11) is 0. The van der Waals surface area contributed by atoms with Crippen LogP contribution in [-0.2, 0) is 13.0 Å². The molecule has 0 saturated heterocycles. The Labute approximate surface area is 124 Å². The minimum absolute atomic E-state index is 0.480. The average molecular weight is 274 g/mol. The van der Waals surface area contributed by atoms with Crippen molar-refractivity contribution < 1.29 is 0 Å². The minimum Gasteiger partial charge on any atom is -0.306 e. The van der Waals surface area contributed by atoms with E-state index in [0.717, 1.165) is 12.1 Å². The zero-order valence-corrected chi connectivity index (χ0v) is 11.9. The number of hydrogen-bond donors (Lipinski definition) is 1. The molecule has 0 fully saturated rings. The SMILES string of the molecule is c1ccc2c(c1)CCC2NCc1ccnc2ccccc12. The van der Waals surface area contributed by atoms with Crippen LogP contribution < -0.4 is 5.32 Å². The first-order valence-corrected chi connectivity index (χ1v) is 7.55. The van der Waals surface area contributed by atoms with E-state index in [1.54, 1.807) is 0 Å². The van der Waals surface area contributed by atoms with E-state index in [1.165, 1.54) is 34.9 Å². The number of aryl methyl sites for hydroxylation is 1. The van der Waals surface area contributed by atoms with Gasteiger partial charge in [-0.05, 0) is 41.7 Å². The van der Waals surface area contributed by atoms with Crippen LogP contribution in [0.1, 0.15) is 29.2 Å².